The van der Waals surface area contributed by atoms with Crippen LogP contribution >= 0.6 is 11.3 Å². The highest BCUT2D eigenvalue weighted by atomic mass is 32.1. The lowest BCUT2D eigenvalue weighted by Gasteiger charge is -2.21. The van der Waals surface area contributed by atoms with Crippen molar-refractivity contribution in [3.8, 4) is 5.19 Å². The van der Waals surface area contributed by atoms with Crippen LogP contribution < -0.4 is 10.1 Å². The summed E-state index contributed by atoms with van der Waals surface area (Å²) in [4.78, 5) is 0. The summed E-state index contributed by atoms with van der Waals surface area (Å²) in [5.74, 6) is 0. The van der Waals surface area contributed by atoms with Gasteiger partial charge in [-0.1, -0.05) is 11.3 Å². The Labute approximate surface area is 123 Å². The van der Waals surface area contributed by atoms with Gasteiger partial charge in [0.15, 0.2) is 0 Å². The van der Waals surface area contributed by atoms with Gasteiger partial charge in [-0.25, -0.2) is 0 Å². The highest BCUT2D eigenvalue weighted by molar-refractivity contribution is 7.13. The lowest BCUT2D eigenvalue weighted by Crippen LogP contribution is -2.33. The molecule has 0 saturated carbocycles. The molecule has 7 heteroatoms. The molecule has 2 atom stereocenters. The van der Waals surface area contributed by atoms with Crippen molar-refractivity contribution in [2.24, 2.45) is 0 Å². The van der Waals surface area contributed by atoms with Crippen LogP contribution in [0.3, 0.4) is 0 Å². The fourth-order valence-electron chi connectivity index (χ4n) is 1.80. The number of aryl methyl sites for hydroxylation is 1. The summed E-state index contributed by atoms with van der Waals surface area (Å²) < 4.78 is 7.30. The minimum atomic E-state index is 0.281. The van der Waals surface area contributed by atoms with Crippen LogP contribution in [0.15, 0.2) is 12.4 Å². The Balaban J connectivity index is 1.86. The largest absolute Gasteiger partial charge is 0.469 e. The van der Waals surface area contributed by atoms with Crippen molar-refractivity contribution in [2.45, 2.75) is 46.3 Å². The van der Waals surface area contributed by atoms with E-state index in [1.165, 1.54) is 16.9 Å². The Morgan fingerprint density at radius 2 is 2.20 bits per heavy atom. The van der Waals surface area contributed by atoms with E-state index in [1.807, 2.05) is 24.7 Å². The SMILES string of the molecule is CCOc1nnc(CN[C@H](C)[C@H](C)n2cc(C)cn2)s1. The van der Waals surface area contributed by atoms with Gasteiger partial charge in [0.1, 0.15) is 5.01 Å². The first-order valence-corrected chi connectivity index (χ1v) is 7.61. The molecule has 2 heterocycles. The van der Waals surface area contributed by atoms with Crippen LogP contribution in [-0.4, -0.2) is 32.6 Å². The van der Waals surface area contributed by atoms with Crippen molar-refractivity contribution in [1.82, 2.24) is 25.3 Å². The average Bonchev–Trinajstić information content (AvgIpc) is 3.05. The standard InChI is InChI=1S/C13H21N5OS/c1-5-19-13-17-16-12(20-13)7-14-10(3)11(4)18-8-9(2)6-15-18/h6,8,10-11,14H,5,7H2,1-4H3/t10-,11+/m1/s1. The maximum atomic E-state index is 5.32. The predicted molar refractivity (Wildman–Crippen MR) is 79.1 cm³/mol. The van der Waals surface area contributed by atoms with Crippen LogP contribution in [0.4, 0.5) is 0 Å². The zero-order valence-electron chi connectivity index (χ0n) is 12.3. The van der Waals surface area contributed by atoms with Crippen molar-refractivity contribution in [3.05, 3.63) is 23.0 Å². The molecule has 0 aliphatic rings. The highest BCUT2D eigenvalue weighted by Crippen LogP contribution is 2.18. The van der Waals surface area contributed by atoms with Gasteiger partial charge in [0, 0.05) is 12.2 Å². The Kier molecular flexibility index (Phi) is 5.08. The van der Waals surface area contributed by atoms with Crippen molar-refractivity contribution in [2.75, 3.05) is 6.61 Å². The van der Waals surface area contributed by atoms with Crippen LogP contribution in [-0.2, 0) is 6.54 Å². The summed E-state index contributed by atoms with van der Waals surface area (Å²) >= 11 is 1.48. The number of nitrogens with one attached hydrogen (secondary N) is 1. The molecule has 0 spiro atoms. The van der Waals surface area contributed by atoms with Crippen molar-refractivity contribution in [3.63, 3.8) is 0 Å². The maximum absolute atomic E-state index is 5.32. The molecule has 2 rings (SSSR count). The smallest absolute Gasteiger partial charge is 0.294 e. The van der Waals surface area contributed by atoms with Gasteiger partial charge >= 0.3 is 0 Å². The van der Waals surface area contributed by atoms with Crippen molar-refractivity contribution >= 4 is 11.3 Å². The van der Waals surface area contributed by atoms with E-state index in [0.29, 0.717) is 18.3 Å². The third kappa shape index (κ3) is 3.77. The van der Waals surface area contributed by atoms with Gasteiger partial charge in [0.05, 0.1) is 25.4 Å². The fraction of sp³-hybridized carbons (Fsp3) is 0.615. The van der Waals surface area contributed by atoms with E-state index < -0.39 is 0 Å². The average molecular weight is 295 g/mol. The topological polar surface area (TPSA) is 64.9 Å². The Bertz CT molecular complexity index is 538. The molecule has 6 nitrogen and oxygen atoms in total. The monoisotopic (exact) mass is 295 g/mol. The number of hydrogen-bond acceptors (Lipinski definition) is 6. The van der Waals surface area contributed by atoms with Gasteiger partial charge in [-0.05, 0) is 33.3 Å². The predicted octanol–water partition coefficient (Wildman–Crippen LogP) is 2.18. The Hall–Kier alpha value is -1.47. The van der Waals surface area contributed by atoms with Gasteiger partial charge in [-0.15, -0.1) is 10.2 Å². The maximum Gasteiger partial charge on any atom is 0.294 e. The second-order valence-electron chi connectivity index (χ2n) is 4.80. The summed E-state index contributed by atoms with van der Waals surface area (Å²) in [6.07, 6.45) is 3.93. The molecule has 0 fully saturated rings. The molecule has 0 radical (unpaired) electrons. The third-order valence-corrected chi connectivity index (χ3v) is 4.00. The van der Waals surface area contributed by atoms with Crippen molar-refractivity contribution < 1.29 is 4.74 Å². The first kappa shape index (κ1) is 14.9. The van der Waals surface area contributed by atoms with Crippen LogP contribution in [0.1, 0.15) is 37.4 Å². The van der Waals surface area contributed by atoms with Gasteiger partial charge in [0.25, 0.3) is 5.19 Å². The molecule has 0 aromatic carbocycles. The van der Waals surface area contributed by atoms with E-state index in [4.69, 9.17) is 4.74 Å². The van der Waals surface area contributed by atoms with Gasteiger partial charge in [-0.2, -0.15) is 5.10 Å². The Morgan fingerprint density at radius 3 is 2.85 bits per heavy atom. The van der Waals surface area contributed by atoms with E-state index in [1.54, 1.807) is 0 Å². The summed E-state index contributed by atoms with van der Waals surface area (Å²) in [5.41, 5.74) is 1.18. The third-order valence-electron chi connectivity index (χ3n) is 3.16. The van der Waals surface area contributed by atoms with Crippen molar-refractivity contribution in [1.29, 1.82) is 0 Å². The van der Waals surface area contributed by atoms with Gasteiger partial charge < -0.3 is 10.1 Å². The second-order valence-corrected chi connectivity index (χ2v) is 5.83. The molecule has 0 saturated heterocycles. The lowest BCUT2D eigenvalue weighted by molar-refractivity contribution is 0.335. The zero-order chi connectivity index (χ0) is 14.5. The van der Waals surface area contributed by atoms with E-state index in [0.717, 1.165) is 5.01 Å². The first-order valence-electron chi connectivity index (χ1n) is 6.79. The molecule has 0 bridgehead atoms. The minimum absolute atomic E-state index is 0.281. The van der Waals surface area contributed by atoms with E-state index in [2.05, 4.69) is 40.7 Å². The molecule has 1 N–H and O–H groups in total. The first-order chi connectivity index (χ1) is 9.60. The summed E-state index contributed by atoms with van der Waals surface area (Å²) in [7, 11) is 0. The van der Waals surface area contributed by atoms with Crippen LogP contribution in [0.25, 0.3) is 0 Å². The molecular formula is C13H21N5OS. The van der Waals surface area contributed by atoms with Crippen LogP contribution in [0, 0.1) is 6.92 Å². The fourth-order valence-corrected chi connectivity index (χ4v) is 2.49. The summed E-state index contributed by atoms with van der Waals surface area (Å²) in [6.45, 7) is 9.59. The lowest BCUT2D eigenvalue weighted by atomic mass is 10.2. The molecule has 2 aromatic heterocycles. The molecule has 2 aromatic rings. The molecule has 20 heavy (non-hydrogen) atoms. The highest BCUT2D eigenvalue weighted by Gasteiger charge is 2.15. The Morgan fingerprint density at radius 1 is 1.40 bits per heavy atom. The molecular weight excluding hydrogens is 274 g/mol. The molecule has 0 aliphatic carbocycles. The summed E-state index contributed by atoms with van der Waals surface area (Å²) in [6, 6.07) is 0.566. The second kappa shape index (κ2) is 6.81. The summed E-state index contributed by atoms with van der Waals surface area (Å²) in [5, 5.41) is 17.5. The number of aromatic nitrogens is 4. The van der Waals surface area contributed by atoms with E-state index in [9.17, 15) is 0 Å². The van der Waals surface area contributed by atoms with Crippen LogP contribution in [0.2, 0.25) is 0 Å². The van der Waals surface area contributed by atoms with E-state index >= 15 is 0 Å². The zero-order valence-corrected chi connectivity index (χ0v) is 13.1. The number of hydrogen-bond donors (Lipinski definition) is 1. The normalized spacial score (nSPS) is 14.2. The molecule has 0 unspecified atom stereocenters. The molecule has 0 amide bonds. The minimum Gasteiger partial charge on any atom is -0.469 e. The van der Waals surface area contributed by atoms with Crippen LogP contribution in [0.5, 0.6) is 5.19 Å². The number of rotatable bonds is 7. The van der Waals surface area contributed by atoms with Gasteiger partial charge in [-0.3, -0.25) is 4.68 Å². The number of nitrogens with zero attached hydrogens (tertiary/aromatic N) is 4. The van der Waals surface area contributed by atoms with E-state index in [-0.39, 0.29) is 12.1 Å². The quantitative estimate of drug-likeness (QED) is 0.848. The molecule has 0 aliphatic heterocycles. The molecule has 110 valence electrons. The number of ether oxygens (including phenoxy) is 1. The van der Waals surface area contributed by atoms with Gasteiger partial charge in [0.2, 0.25) is 0 Å².